The monoisotopic (exact) mass is 183 g/mol. The van der Waals surface area contributed by atoms with Gasteiger partial charge in [-0.15, -0.1) is 0 Å². The Hall–Kier alpha value is 0.661. The molecule has 0 fully saturated rings. The van der Waals surface area contributed by atoms with Gasteiger partial charge in [-0.3, -0.25) is 0 Å². The summed E-state index contributed by atoms with van der Waals surface area (Å²) in [4.78, 5) is 7.35. The van der Waals surface area contributed by atoms with Gasteiger partial charge in [-0.2, -0.15) is 0 Å². The van der Waals surface area contributed by atoms with Crippen LogP contribution in [0.15, 0.2) is 24.8 Å². The first-order chi connectivity index (χ1) is 4.41. The molecule has 0 spiro atoms. The Morgan fingerprint density at radius 1 is 1.18 bits per heavy atom. The molecule has 0 aliphatic carbocycles. The Bertz CT molecular complexity index is 111. The zero-order valence-corrected chi connectivity index (χ0v) is 9.30. The van der Waals surface area contributed by atoms with E-state index in [0.717, 1.165) is 0 Å². The van der Waals surface area contributed by atoms with E-state index in [4.69, 9.17) is 10.0 Å². The largest absolute Gasteiger partial charge is 1.00 e. The average molecular weight is 183 g/mol. The molecule has 57 valence electrons. The normalized spacial score (nSPS) is 5.64. The summed E-state index contributed by atoms with van der Waals surface area (Å²) in [5.74, 6) is 0. The third kappa shape index (κ3) is 18.0. The quantitative estimate of drug-likeness (QED) is 0.394. The molecule has 1 radical (unpaired) electrons. The van der Waals surface area contributed by atoms with E-state index in [1.165, 1.54) is 6.33 Å². The van der Waals surface area contributed by atoms with Crippen LogP contribution in [0.25, 0.3) is 0 Å². The van der Waals surface area contributed by atoms with Crippen molar-refractivity contribution >= 4 is 7.69 Å². The molecule has 0 aliphatic heterocycles. The van der Waals surface area contributed by atoms with Crippen LogP contribution in [-0.2, 0) is 0 Å². The Labute approximate surface area is 109 Å². The molecule has 0 saturated carbocycles. The van der Waals surface area contributed by atoms with Crippen LogP contribution in [-0.4, -0.2) is 33.2 Å². The van der Waals surface area contributed by atoms with E-state index in [-0.39, 0.29) is 66.0 Å². The molecule has 4 N–H and O–H groups in total. The fourth-order valence-corrected chi connectivity index (χ4v) is 0.253. The van der Waals surface area contributed by atoms with Gasteiger partial charge in [-0.1, -0.05) is 0 Å². The molecule has 0 aromatic carbocycles. The van der Waals surface area contributed by atoms with Gasteiger partial charge in [0.05, 0.1) is 0 Å². The predicted molar refractivity (Wildman–Crippen MR) is 36.9 cm³/mol. The van der Waals surface area contributed by atoms with Crippen LogP contribution < -0.4 is 51.4 Å². The smallest absolute Gasteiger partial charge is 1.00 e. The van der Waals surface area contributed by atoms with E-state index < -0.39 is 0 Å². The summed E-state index contributed by atoms with van der Waals surface area (Å²) in [6.07, 6.45) is 4.88. The molecule has 1 rings (SSSR count). The summed E-state index contributed by atoms with van der Waals surface area (Å²) in [6.45, 7) is 0. The molecule has 0 amide bonds. The van der Waals surface area contributed by atoms with E-state index in [1.807, 2.05) is 0 Å². The second-order valence-electron chi connectivity index (χ2n) is 1.02. The van der Waals surface area contributed by atoms with E-state index in [0.29, 0.717) is 0 Å². The van der Waals surface area contributed by atoms with Gasteiger partial charge in [-0.25, -0.2) is 9.97 Å². The third-order valence-corrected chi connectivity index (χ3v) is 0.478. The topological polar surface area (TPSA) is 97.7 Å². The number of hydrogen-bond donors (Lipinski definition) is 2. The molecule has 11 heavy (non-hydrogen) atoms. The maximum Gasteiger partial charge on any atom is 1.00 e. The summed E-state index contributed by atoms with van der Waals surface area (Å²) >= 11 is 0. The zero-order valence-electron chi connectivity index (χ0n) is 7.18. The Balaban J connectivity index is -0.0000000489. The summed E-state index contributed by atoms with van der Waals surface area (Å²) < 4.78 is 0. The SMILES string of the molecule is O.O[B]O.[H-].[K+].c1cncnc1. The first kappa shape index (κ1) is 17.7. The van der Waals surface area contributed by atoms with Gasteiger partial charge in [0.2, 0.25) is 0 Å². The standard InChI is InChI=1S/C4H4N2.BH2O2.K.H2O.H/c1-2-5-4-6-3-1;2-1-3;;;/h1-4H;2-3H;;1H2;/q;;+1;;-1. The van der Waals surface area contributed by atoms with Gasteiger partial charge in [-0.05, 0) is 6.07 Å². The van der Waals surface area contributed by atoms with Crippen molar-refractivity contribution in [2.75, 3.05) is 0 Å². The first-order valence-electron chi connectivity index (χ1n) is 2.22. The summed E-state index contributed by atoms with van der Waals surface area (Å²) in [5.41, 5.74) is 0. The van der Waals surface area contributed by atoms with Gasteiger partial charge in [0, 0.05) is 12.4 Å². The van der Waals surface area contributed by atoms with Crippen LogP contribution in [0.2, 0.25) is 0 Å². The second-order valence-corrected chi connectivity index (χ2v) is 1.02. The molecule has 1 aromatic heterocycles. The van der Waals surface area contributed by atoms with Crippen LogP contribution in [0, 0.1) is 0 Å². The van der Waals surface area contributed by atoms with Crippen molar-refractivity contribution in [3.63, 3.8) is 0 Å². The molecule has 0 aliphatic rings. The maximum atomic E-state index is 7.00. The van der Waals surface area contributed by atoms with E-state index in [1.54, 1.807) is 18.5 Å². The van der Waals surface area contributed by atoms with Crippen molar-refractivity contribution in [2.45, 2.75) is 0 Å². The van der Waals surface area contributed by atoms with Gasteiger partial charge < -0.3 is 17.0 Å². The molecular weight excluding hydrogens is 174 g/mol. The predicted octanol–water partition coefficient (Wildman–Crippen LogP) is -4.73. The number of nitrogens with zero attached hydrogens (tertiary/aromatic N) is 2. The van der Waals surface area contributed by atoms with Gasteiger partial charge in [0.25, 0.3) is 0 Å². The number of aromatic nitrogens is 2. The number of hydrogen-bond acceptors (Lipinski definition) is 4. The average Bonchev–Trinajstić information content (AvgIpc) is 1.93. The molecule has 7 heteroatoms. The van der Waals surface area contributed by atoms with Crippen molar-refractivity contribution < 1.29 is 68.3 Å². The van der Waals surface area contributed by atoms with Crippen LogP contribution in [0.4, 0.5) is 0 Å². The maximum absolute atomic E-state index is 7.00. The molecule has 0 unspecified atom stereocenters. The molecular formula is C4H9BKN2O3. The van der Waals surface area contributed by atoms with Crippen molar-refractivity contribution in [2.24, 2.45) is 0 Å². The van der Waals surface area contributed by atoms with Gasteiger partial charge in [0.1, 0.15) is 6.33 Å². The summed E-state index contributed by atoms with van der Waals surface area (Å²) in [7, 11) is 0. The molecule has 0 bridgehead atoms. The van der Waals surface area contributed by atoms with Crippen LogP contribution in [0.5, 0.6) is 0 Å². The minimum Gasteiger partial charge on any atom is -1.00 e. The van der Waals surface area contributed by atoms with E-state index >= 15 is 0 Å². The third-order valence-electron chi connectivity index (χ3n) is 0.478. The second kappa shape index (κ2) is 17.0. The van der Waals surface area contributed by atoms with Crippen molar-refractivity contribution in [3.8, 4) is 0 Å². The molecule has 1 heterocycles. The van der Waals surface area contributed by atoms with Crippen molar-refractivity contribution in [3.05, 3.63) is 24.8 Å². The summed E-state index contributed by atoms with van der Waals surface area (Å²) in [5, 5.41) is 14.0. The Morgan fingerprint density at radius 2 is 1.55 bits per heavy atom. The number of rotatable bonds is 0. The van der Waals surface area contributed by atoms with Crippen LogP contribution >= 0.6 is 0 Å². The minimum atomic E-state index is 0. The molecule has 0 saturated heterocycles. The Morgan fingerprint density at radius 3 is 1.64 bits per heavy atom. The van der Waals surface area contributed by atoms with Crippen LogP contribution in [0.3, 0.4) is 0 Å². The van der Waals surface area contributed by atoms with Crippen molar-refractivity contribution in [1.82, 2.24) is 9.97 Å². The van der Waals surface area contributed by atoms with Crippen molar-refractivity contribution in [1.29, 1.82) is 0 Å². The first-order valence-corrected chi connectivity index (χ1v) is 2.22. The van der Waals surface area contributed by atoms with Gasteiger partial charge >= 0.3 is 59.1 Å². The van der Waals surface area contributed by atoms with E-state index in [9.17, 15) is 0 Å². The van der Waals surface area contributed by atoms with E-state index in [2.05, 4.69) is 9.97 Å². The van der Waals surface area contributed by atoms with Crippen LogP contribution in [0.1, 0.15) is 1.43 Å². The Kier molecular flexibility index (Phi) is 27.2. The molecule has 5 nitrogen and oxygen atoms in total. The fraction of sp³-hybridized carbons (Fsp3) is 0. The molecule has 1 aromatic rings. The summed E-state index contributed by atoms with van der Waals surface area (Å²) in [6, 6.07) is 1.78. The minimum absolute atomic E-state index is 0. The zero-order chi connectivity index (χ0) is 6.95. The molecule has 0 atom stereocenters. The fourth-order valence-electron chi connectivity index (χ4n) is 0.253. The van der Waals surface area contributed by atoms with Gasteiger partial charge in [0.15, 0.2) is 0 Å².